The van der Waals surface area contributed by atoms with E-state index in [-0.39, 0.29) is 0 Å². The van der Waals surface area contributed by atoms with Gasteiger partial charge in [-0.3, -0.25) is 4.98 Å². The van der Waals surface area contributed by atoms with E-state index in [9.17, 15) is 0 Å². The summed E-state index contributed by atoms with van der Waals surface area (Å²) in [5.41, 5.74) is 4.50. The molecule has 3 heterocycles. The van der Waals surface area contributed by atoms with Gasteiger partial charge in [0.05, 0.1) is 17.1 Å². The van der Waals surface area contributed by atoms with Crippen molar-refractivity contribution in [2.45, 2.75) is 18.9 Å². The Kier molecular flexibility index (Phi) is 2.74. The minimum atomic E-state index is 0.381. The van der Waals surface area contributed by atoms with Crippen molar-refractivity contribution in [1.82, 2.24) is 20.3 Å². The quantitative estimate of drug-likeness (QED) is 0.748. The molecule has 1 aliphatic rings. The number of hydrogen-bond acceptors (Lipinski definition) is 3. The van der Waals surface area contributed by atoms with Crippen molar-refractivity contribution < 1.29 is 0 Å². The highest BCUT2D eigenvalue weighted by Gasteiger charge is 2.19. The van der Waals surface area contributed by atoms with Gasteiger partial charge in [0, 0.05) is 12.4 Å². The lowest BCUT2D eigenvalue weighted by molar-refractivity contribution is 0.614. The minimum Gasteiger partial charge on any atom is -0.341 e. The van der Waals surface area contributed by atoms with Crippen LogP contribution in [0.4, 0.5) is 0 Å². The molecule has 2 N–H and O–H groups in total. The van der Waals surface area contributed by atoms with E-state index in [2.05, 4.69) is 33.5 Å². The Hall–Kier alpha value is -2.20. The Morgan fingerprint density at radius 1 is 1.05 bits per heavy atom. The fourth-order valence-electron chi connectivity index (χ4n) is 2.84. The molecule has 4 heteroatoms. The molecule has 0 amide bonds. The van der Waals surface area contributed by atoms with Crippen LogP contribution in [-0.2, 0) is 0 Å². The predicted octanol–water partition coefficient (Wildman–Crippen LogP) is 3.05. The highest BCUT2D eigenvalue weighted by Crippen LogP contribution is 2.26. The van der Waals surface area contributed by atoms with Crippen molar-refractivity contribution in [2.75, 3.05) is 6.54 Å². The standard InChI is InChI=1S/C16H16N4/c1-2-14(18-7-1)16-19-13-4-3-12(10-15(13)20-16)11-5-8-17-9-6-11/h3-6,8-10,14,18H,1-2,7H2,(H,19,20). The fraction of sp³-hybridized carbons (Fsp3) is 0.250. The fourth-order valence-corrected chi connectivity index (χ4v) is 2.84. The zero-order valence-electron chi connectivity index (χ0n) is 11.1. The van der Waals surface area contributed by atoms with Crippen LogP contribution in [0.3, 0.4) is 0 Å². The molecule has 0 radical (unpaired) electrons. The lowest BCUT2D eigenvalue weighted by Gasteiger charge is -2.04. The molecule has 100 valence electrons. The molecule has 0 spiro atoms. The van der Waals surface area contributed by atoms with Gasteiger partial charge < -0.3 is 10.3 Å². The van der Waals surface area contributed by atoms with Gasteiger partial charge in [0.25, 0.3) is 0 Å². The van der Waals surface area contributed by atoms with E-state index in [1.165, 1.54) is 17.5 Å². The van der Waals surface area contributed by atoms with Gasteiger partial charge in [-0.15, -0.1) is 0 Å². The summed E-state index contributed by atoms with van der Waals surface area (Å²) in [5, 5.41) is 3.48. The molecule has 1 atom stereocenters. The first-order valence-electron chi connectivity index (χ1n) is 7.03. The van der Waals surface area contributed by atoms with E-state index in [1.54, 1.807) is 0 Å². The predicted molar refractivity (Wildman–Crippen MR) is 79.3 cm³/mol. The van der Waals surface area contributed by atoms with E-state index < -0.39 is 0 Å². The second kappa shape index (κ2) is 4.72. The summed E-state index contributed by atoms with van der Waals surface area (Å²) >= 11 is 0. The monoisotopic (exact) mass is 264 g/mol. The first-order valence-corrected chi connectivity index (χ1v) is 7.03. The van der Waals surface area contributed by atoms with Crippen molar-refractivity contribution in [3.63, 3.8) is 0 Å². The van der Waals surface area contributed by atoms with Crippen molar-refractivity contribution in [3.05, 3.63) is 48.5 Å². The average Bonchev–Trinajstić information content (AvgIpc) is 3.16. The molecular weight excluding hydrogens is 248 g/mol. The van der Waals surface area contributed by atoms with Crippen LogP contribution < -0.4 is 5.32 Å². The molecule has 1 aromatic carbocycles. The molecule has 1 saturated heterocycles. The zero-order chi connectivity index (χ0) is 13.4. The maximum atomic E-state index is 4.70. The Morgan fingerprint density at radius 2 is 1.95 bits per heavy atom. The number of rotatable bonds is 2. The molecule has 1 unspecified atom stereocenters. The number of nitrogens with one attached hydrogen (secondary N) is 2. The van der Waals surface area contributed by atoms with E-state index >= 15 is 0 Å². The largest absolute Gasteiger partial charge is 0.341 e. The number of nitrogens with zero attached hydrogens (tertiary/aromatic N) is 2. The van der Waals surface area contributed by atoms with Crippen LogP contribution >= 0.6 is 0 Å². The molecular formula is C16H16N4. The minimum absolute atomic E-state index is 0.381. The summed E-state index contributed by atoms with van der Waals surface area (Å²) in [6, 6.07) is 10.8. The summed E-state index contributed by atoms with van der Waals surface area (Å²) in [6.07, 6.45) is 6.03. The SMILES string of the molecule is c1cc(-c2ccc3nc(C4CCCN4)[nH]c3c2)ccn1. The van der Waals surface area contributed by atoms with Gasteiger partial charge in [-0.25, -0.2) is 4.98 Å². The summed E-state index contributed by atoms with van der Waals surface area (Å²) in [4.78, 5) is 12.2. The number of benzene rings is 1. The zero-order valence-corrected chi connectivity index (χ0v) is 11.1. The van der Waals surface area contributed by atoms with Crippen LogP contribution in [0.1, 0.15) is 24.7 Å². The van der Waals surface area contributed by atoms with Crippen molar-refractivity contribution >= 4 is 11.0 Å². The Labute approximate surface area is 117 Å². The van der Waals surface area contributed by atoms with Gasteiger partial charge >= 0.3 is 0 Å². The van der Waals surface area contributed by atoms with E-state index in [0.717, 1.165) is 29.8 Å². The molecule has 1 aliphatic heterocycles. The third-order valence-electron chi connectivity index (χ3n) is 3.90. The Morgan fingerprint density at radius 3 is 2.75 bits per heavy atom. The first kappa shape index (κ1) is 11.6. The highest BCUT2D eigenvalue weighted by molar-refractivity contribution is 5.81. The van der Waals surface area contributed by atoms with Crippen LogP contribution in [0, 0.1) is 0 Å². The second-order valence-corrected chi connectivity index (χ2v) is 5.24. The van der Waals surface area contributed by atoms with Crippen LogP contribution in [0.25, 0.3) is 22.2 Å². The lowest BCUT2D eigenvalue weighted by Crippen LogP contribution is -2.13. The molecule has 1 fully saturated rings. The number of aromatic nitrogens is 3. The Bertz CT molecular complexity index is 727. The van der Waals surface area contributed by atoms with Crippen molar-refractivity contribution in [2.24, 2.45) is 0 Å². The first-order chi connectivity index (χ1) is 9.90. The lowest BCUT2D eigenvalue weighted by atomic mass is 10.1. The van der Waals surface area contributed by atoms with Gasteiger partial charge in [0.15, 0.2) is 0 Å². The third-order valence-corrected chi connectivity index (χ3v) is 3.90. The summed E-state index contributed by atoms with van der Waals surface area (Å²) in [6.45, 7) is 1.09. The number of hydrogen-bond donors (Lipinski definition) is 2. The molecule has 4 rings (SSSR count). The van der Waals surface area contributed by atoms with E-state index in [0.29, 0.717) is 6.04 Å². The van der Waals surface area contributed by atoms with Crippen LogP contribution in [-0.4, -0.2) is 21.5 Å². The number of H-pyrrole nitrogens is 1. The van der Waals surface area contributed by atoms with Crippen LogP contribution in [0.2, 0.25) is 0 Å². The number of aromatic amines is 1. The van der Waals surface area contributed by atoms with Crippen molar-refractivity contribution in [3.8, 4) is 11.1 Å². The molecule has 0 aliphatic carbocycles. The van der Waals surface area contributed by atoms with E-state index in [4.69, 9.17) is 4.98 Å². The van der Waals surface area contributed by atoms with Gasteiger partial charge in [-0.2, -0.15) is 0 Å². The van der Waals surface area contributed by atoms with Gasteiger partial charge in [0.1, 0.15) is 5.82 Å². The number of pyridine rings is 1. The summed E-state index contributed by atoms with van der Waals surface area (Å²) < 4.78 is 0. The van der Waals surface area contributed by atoms with Gasteiger partial charge in [0.2, 0.25) is 0 Å². The van der Waals surface area contributed by atoms with Gasteiger partial charge in [-0.05, 0) is 54.8 Å². The maximum Gasteiger partial charge on any atom is 0.124 e. The second-order valence-electron chi connectivity index (χ2n) is 5.24. The molecule has 2 aromatic heterocycles. The van der Waals surface area contributed by atoms with Crippen molar-refractivity contribution in [1.29, 1.82) is 0 Å². The summed E-state index contributed by atoms with van der Waals surface area (Å²) in [5.74, 6) is 1.06. The van der Waals surface area contributed by atoms with Crippen LogP contribution in [0.15, 0.2) is 42.7 Å². The molecule has 0 bridgehead atoms. The number of fused-ring (bicyclic) bond motifs is 1. The maximum absolute atomic E-state index is 4.70. The average molecular weight is 264 g/mol. The topological polar surface area (TPSA) is 53.6 Å². The van der Waals surface area contributed by atoms with Crippen LogP contribution in [0.5, 0.6) is 0 Å². The summed E-state index contributed by atoms with van der Waals surface area (Å²) in [7, 11) is 0. The molecule has 20 heavy (non-hydrogen) atoms. The molecule has 3 aromatic rings. The highest BCUT2D eigenvalue weighted by atomic mass is 15.0. The molecule has 0 saturated carbocycles. The third kappa shape index (κ3) is 1.98. The normalized spacial score (nSPS) is 18.7. The number of imidazole rings is 1. The smallest absolute Gasteiger partial charge is 0.124 e. The Balaban J connectivity index is 1.76. The van der Waals surface area contributed by atoms with Gasteiger partial charge in [-0.1, -0.05) is 6.07 Å². The van der Waals surface area contributed by atoms with E-state index in [1.807, 2.05) is 24.5 Å². The molecule has 4 nitrogen and oxygen atoms in total.